The summed E-state index contributed by atoms with van der Waals surface area (Å²) in [5.41, 5.74) is 0.384. The number of thiophene rings is 1. The maximum absolute atomic E-state index is 12.3. The van der Waals surface area contributed by atoms with E-state index in [0.717, 1.165) is 8.26 Å². The second kappa shape index (κ2) is 9.69. The van der Waals surface area contributed by atoms with Crippen molar-refractivity contribution in [1.29, 1.82) is 5.26 Å². The smallest absolute Gasteiger partial charge is 0.353 e. The van der Waals surface area contributed by atoms with Gasteiger partial charge in [-0.3, -0.25) is 0 Å². The van der Waals surface area contributed by atoms with Gasteiger partial charge in [0.1, 0.15) is 16.5 Å². The predicted octanol–water partition coefficient (Wildman–Crippen LogP) is 4.97. The molecule has 1 aromatic heterocycles. The van der Waals surface area contributed by atoms with E-state index in [9.17, 15) is 9.59 Å². The Bertz CT molecular complexity index is 926. The van der Waals surface area contributed by atoms with Crippen LogP contribution >= 0.6 is 43.2 Å². The van der Waals surface area contributed by atoms with Crippen LogP contribution < -0.4 is 9.47 Å². The molecule has 0 saturated carbocycles. The first-order valence-electron chi connectivity index (χ1n) is 7.53. The first kappa shape index (κ1) is 21.2. The molecule has 27 heavy (non-hydrogen) atoms. The van der Waals surface area contributed by atoms with Crippen LogP contribution in [0.3, 0.4) is 0 Å². The Kier molecular flexibility index (Phi) is 7.59. The van der Waals surface area contributed by atoms with E-state index >= 15 is 0 Å². The fourth-order valence-corrected chi connectivity index (χ4v) is 3.88. The lowest BCUT2D eigenvalue weighted by Crippen LogP contribution is -2.07. The standard InChI is InChI=1S/C18H13Br2NO5S/c1-3-25-17(22)11(9-21)6-10-4-5-13(14(7-10)24-2)26-18(23)15-8-12(19)16(20)27-15/h4-8H,3H2,1-2H3/b11-6+. The molecule has 9 heteroatoms. The average Bonchev–Trinajstić information content (AvgIpc) is 2.99. The maximum Gasteiger partial charge on any atom is 0.353 e. The van der Waals surface area contributed by atoms with Gasteiger partial charge in [0.05, 0.1) is 17.5 Å². The normalized spacial score (nSPS) is 10.9. The Morgan fingerprint density at radius 2 is 2.00 bits per heavy atom. The fraction of sp³-hybridized carbons (Fsp3) is 0.167. The van der Waals surface area contributed by atoms with Crippen LogP contribution in [0.5, 0.6) is 11.5 Å². The van der Waals surface area contributed by atoms with Crippen LogP contribution in [0.25, 0.3) is 6.08 Å². The average molecular weight is 515 g/mol. The van der Waals surface area contributed by atoms with Gasteiger partial charge in [-0.2, -0.15) is 5.26 Å². The number of nitrogens with zero attached hydrogens (tertiary/aromatic N) is 1. The van der Waals surface area contributed by atoms with Gasteiger partial charge in [-0.25, -0.2) is 9.59 Å². The van der Waals surface area contributed by atoms with Gasteiger partial charge in [0.15, 0.2) is 11.5 Å². The number of carbonyl (C=O) groups excluding carboxylic acids is 2. The molecule has 0 N–H and O–H groups in total. The SMILES string of the molecule is CCOC(=O)/C(C#N)=C/c1ccc(OC(=O)c2cc(Br)c(Br)s2)c(OC)c1. The summed E-state index contributed by atoms with van der Waals surface area (Å²) in [6.07, 6.45) is 1.37. The van der Waals surface area contributed by atoms with Gasteiger partial charge in [-0.05, 0) is 68.6 Å². The Morgan fingerprint density at radius 1 is 1.26 bits per heavy atom. The van der Waals surface area contributed by atoms with Gasteiger partial charge in [0, 0.05) is 4.47 Å². The van der Waals surface area contributed by atoms with Crippen molar-refractivity contribution in [3.63, 3.8) is 0 Å². The molecule has 140 valence electrons. The van der Waals surface area contributed by atoms with Crippen molar-refractivity contribution in [3.8, 4) is 17.6 Å². The van der Waals surface area contributed by atoms with Crippen molar-refractivity contribution < 1.29 is 23.8 Å². The molecule has 0 atom stereocenters. The van der Waals surface area contributed by atoms with Crippen molar-refractivity contribution in [3.05, 3.63) is 48.5 Å². The number of rotatable bonds is 6. The molecule has 0 bridgehead atoms. The molecule has 6 nitrogen and oxygen atoms in total. The molecule has 0 amide bonds. The highest BCUT2D eigenvalue weighted by atomic mass is 79.9. The van der Waals surface area contributed by atoms with E-state index in [0.29, 0.717) is 10.4 Å². The topological polar surface area (TPSA) is 85.6 Å². The van der Waals surface area contributed by atoms with Gasteiger partial charge in [-0.1, -0.05) is 6.07 Å². The van der Waals surface area contributed by atoms with E-state index in [1.54, 1.807) is 31.2 Å². The van der Waals surface area contributed by atoms with Gasteiger partial charge in [-0.15, -0.1) is 11.3 Å². The number of carbonyl (C=O) groups is 2. The lowest BCUT2D eigenvalue weighted by molar-refractivity contribution is -0.137. The lowest BCUT2D eigenvalue weighted by atomic mass is 10.1. The van der Waals surface area contributed by atoms with Crippen LogP contribution in [0.15, 0.2) is 38.1 Å². The number of methoxy groups -OCH3 is 1. The van der Waals surface area contributed by atoms with Crippen molar-refractivity contribution in [2.24, 2.45) is 0 Å². The summed E-state index contributed by atoms with van der Waals surface area (Å²) in [4.78, 5) is 24.4. The Balaban J connectivity index is 2.26. The van der Waals surface area contributed by atoms with Crippen LogP contribution in [-0.4, -0.2) is 25.7 Å². The summed E-state index contributed by atoms with van der Waals surface area (Å²) in [6.45, 7) is 1.83. The number of nitriles is 1. The lowest BCUT2D eigenvalue weighted by Gasteiger charge is -2.09. The van der Waals surface area contributed by atoms with Crippen LogP contribution in [-0.2, 0) is 9.53 Å². The van der Waals surface area contributed by atoms with Crippen LogP contribution in [0.4, 0.5) is 0 Å². The Morgan fingerprint density at radius 3 is 2.56 bits per heavy atom. The minimum atomic E-state index is -0.705. The molecular formula is C18H13Br2NO5S. The van der Waals surface area contributed by atoms with Crippen LogP contribution in [0, 0.1) is 11.3 Å². The van der Waals surface area contributed by atoms with Gasteiger partial charge >= 0.3 is 11.9 Å². The first-order chi connectivity index (χ1) is 12.9. The zero-order chi connectivity index (χ0) is 20.0. The van der Waals surface area contributed by atoms with E-state index < -0.39 is 11.9 Å². The molecule has 0 saturated heterocycles. The molecule has 1 heterocycles. The molecule has 2 aromatic rings. The van der Waals surface area contributed by atoms with E-state index in [1.807, 2.05) is 0 Å². The summed E-state index contributed by atoms with van der Waals surface area (Å²) < 4.78 is 17.0. The largest absolute Gasteiger partial charge is 0.493 e. The number of hydrogen-bond acceptors (Lipinski definition) is 7. The summed E-state index contributed by atoms with van der Waals surface area (Å²) in [6, 6.07) is 8.14. The summed E-state index contributed by atoms with van der Waals surface area (Å²) in [5, 5.41) is 9.11. The number of esters is 2. The van der Waals surface area contributed by atoms with E-state index in [2.05, 4.69) is 31.9 Å². The van der Waals surface area contributed by atoms with E-state index in [4.69, 9.17) is 19.5 Å². The number of halogens is 2. The quantitative estimate of drug-likeness (QED) is 0.234. The highest BCUT2D eigenvalue weighted by Gasteiger charge is 2.17. The second-order valence-electron chi connectivity index (χ2n) is 4.92. The molecule has 0 radical (unpaired) electrons. The number of hydrogen-bond donors (Lipinski definition) is 0. The third kappa shape index (κ3) is 5.42. The highest BCUT2D eigenvalue weighted by molar-refractivity contribution is 9.13. The fourth-order valence-electron chi connectivity index (χ4n) is 1.97. The molecule has 0 aliphatic heterocycles. The molecule has 1 aromatic carbocycles. The van der Waals surface area contributed by atoms with Crippen LogP contribution in [0.1, 0.15) is 22.2 Å². The zero-order valence-electron chi connectivity index (χ0n) is 14.2. The maximum atomic E-state index is 12.3. The molecule has 0 fully saturated rings. The third-order valence-corrected chi connectivity index (χ3v) is 6.40. The van der Waals surface area contributed by atoms with E-state index in [-0.39, 0.29) is 23.7 Å². The molecule has 0 spiro atoms. The molecule has 2 rings (SSSR count). The third-order valence-electron chi connectivity index (χ3n) is 3.16. The second-order valence-corrected chi connectivity index (χ2v) is 8.15. The Labute approximate surface area is 176 Å². The van der Waals surface area contributed by atoms with E-state index in [1.165, 1.54) is 30.6 Å². The highest BCUT2D eigenvalue weighted by Crippen LogP contribution is 2.34. The zero-order valence-corrected chi connectivity index (χ0v) is 18.2. The first-order valence-corrected chi connectivity index (χ1v) is 9.93. The van der Waals surface area contributed by atoms with Gasteiger partial charge < -0.3 is 14.2 Å². The Hall–Kier alpha value is -2.15. The number of ether oxygens (including phenoxy) is 3. The molecule has 0 aliphatic carbocycles. The summed E-state index contributed by atoms with van der Waals surface area (Å²) in [5.74, 6) is -0.733. The molecular weight excluding hydrogens is 502 g/mol. The van der Waals surface area contributed by atoms with Gasteiger partial charge in [0.25, 0.3) is 0 Å². The van der Waals surface area contributed by atoms with Crippen molar-refractivity contribution in [2.75, 3.05) is 13.7 Å². The van der Waals surface area contributed by atoms with Crippen molar-refractivity contribution in [2.45, 2.75) is 6.92 Å². The summed E-state index contributed by atoms with van der Waals surface area (Å²) >= 11 is 7.88. The van der Waals surface area contributed by atoms with Gasteiger partial charge in [0.2, 0.25) is 0 Å². The monoisotopic (exact) mass is 513 g/mol. The minimum Gasteiger partial charge on any atom is -0.493 e. The number of benzene rings is 1. The minimum absolute atomic E-state index is 0.142. The van der Waals surface area contributed by atoms with Crippen molar-refractivity contribution in [1.82, 2.24) is 0 Å². The molecule has 0 unspecified atom stereocenters. The molecule has 0 aliphatic rings. The summed E-state index contributed by atoms with van der Waals surface area (Å²) in [7, 11) is 1.43. The predicted molar refractivity (Wildman–Crippen MR) is 108 cm³/mol. The van der Waals surface area contributed by atoms with Crippen molar-refractivity contribution >= 4 is 61.2 Å². The van der Waals surface area contributed by atoms with Crippen LogP contribution in [0.2, 0.25) is 0 Å².